The number of hydrogen-bond donors (Lipinski definition) is 0. The van der Waals surface area contributed by atoms with Gasteiger partial charge in [-0.05, 0) is 25.7 Å². The smallest absolute Gasteiger partial charge is 0.124 e. The standard InChI is InChI=1S/C12H20N2O/c1-3-11(4-2)14(12-5-6-12)9-10-7-8-15-13-10/h7-8,11-12H,3-6,9H2,1-2H3. The van der Waals surface area contributed by atoms with Crippen LogP contribution in [0, 0.1) is 0 Å². The summed E-state index contributed by atoms with van der Waals surface area (Å²) in [4.78, 5) is 2.60. The molecule has 0 amide bonds. The minimum absolute atomic E-state index is 0.703. The summed E-state index contributed by atoms with van der Waals surface area (Å²) in [7, 11) is 0. The summed E-state index contributed by atoms with van der Waals surface area (Å²) in [5, 5.41) is 4.00. The Hall–Kier alpha value is -0.830. The van der Waals surface area contributed by atoms with E-state index in [-0.39, 0.29) is 0 Å². The van der Waals surface area contributed by atoms with Crippen LogP contribution in [-0.2, 0) is 6.54 Å². The van der Waals surface area contributed by atoms with Gasteiger partial charge in [-0.15, -0.1) is 0 Å². The zero-order chi connectivity index (χ0) is 10.7. The molecule has 0 atom stereocenters. The SMILES string of the molecule is CCC(CC)N(Cc1ccon1)C1CC1. The lowest BCUT2D eigenvalue weighted by Gasteiger charge is -2.29. The lowest BCUT2D eigenvalue weighted by molar-refractivity contribution is 0.162. The summed E-state index contributed by atoms with van der Waals surface area (Å²) in [6.45, 7) is 5.49. The van der Waals surface area contributed by atoms with Crippen molar-refractivity contribution in [3.8, 4) is 0 Å². The van der Waals surface area contributed by atoms with E-state index in [0.717, 1.165) is 18.3 Å². The second-order valence-corrected chi connectivity index (χ2v) is 4.36. The van der Waals surface area contributed by atoms with E-state index >= 15 is 0 Å². The molecule has 15 heavy (non-hydrogen) atoms. The van der Waals surface area contributed by atoms with Gasteiger partial charge in [-0.2, -0.15) is 0 Å². The fraction of sp³-hybridized carbons (Fsp3) is 0.750. The first-order valence-electron chi connectivity index (χ1n) is 6.00. The van der Waals surface area contributed by atoms with Crippen molar-refractivity contribution >= 4 is 0 Å². The molecule has 0 aliphatic heterocycles. The van der Waals surface area contributed by atoms with E-state index in [1.54, 1.807) is 6.26 Å². The Balaban J connectivity index is 1.99. The van der Waals surface area contributed by atoms with Crippen molar-refractivity contribution in [1.29, 1.82) is 0 Å². The fourth-order valence-electron chi connectivity index (χ4n) is 2.23. The highest BCUT2D eigenvalue weighted by molar-refractivity contribution is 4.99. The number of rotatable bonds is 6. The Bertz CT molecular complexity index is 276. The Labute approximate surface area is 91.4 Å². The van der Waals surface area contributed by atoms with E-state index < -0.39 is 0 Å². The lowest BCUT2D eigenvalue weighted by Crippen LogP contribution is -2.35. The molecule has 3 nitrogen and oxygen atoms in total. The average Bonchev–Trinajstić information content (AvgIpc) is 2.97. The number of nitrogens with zero attached hydrogens (tertiary/aromatic N) is 2. The van der Waals surface area contributed by atoms with Crippen molar-refractivity contribution in [2.75, 3.05) is 0 Å². The van der Waals surface area contributed by atoms with Crippen molar-refractivity contribution in [1.82, 2.24) is 10.1 Å². The molecule has 1 fully saturated rings. The van der Waals surface area contributed by atoms with Gasteiger partial charge in [-0.25, -0.2) is 0 Å². The van der Waals surface area contributed by atoms with Crippen molar-refractivity contribution in [3.63, 3.8) is 0 Å². The topological polar surface area (TPSA) is 29.3 Å². The van der Waals surface area contributed by atoms with Crippen LogP contribution in [0.3, 0.4) is 0 Å². The fourth-order valence-corrected chi connectivity index (χ4v) is 2.23. The summed E-state index contributed by atoms with van der Waals surface area (Å²) >= 11 is 0. The molecule has 0 unspecified atom stereocenters. The quantitative estimate of drug-likeness (QED) is 0.720. The van der Waals surface area contributed by atoms with Gasteiger partial charge >= 0.3 is 0 Å². The maximum Gasteiger partial charge on any atom is 0.124 e. The third-order valence-electron chi connectivity index (χ3n) is 3.26. The molecule has 1 heterocycles. The highest BCUT2D eigenvalue weighted by atomic mass is 16.5. The molecule has 0 N–H and O–H groups in total. The number of hydrogen-bond acceptors (Lipinski definition) is 3. The monoisotopic (exact) mass is 208 g/mol. The second kappa shape index (κ2) is 4.79. The number of aromatic nitrogens is 1. The first-order valence-corrected chi connectivity index (χ1v) is 6.00. The van der Waals surface area contributed by atoms with Crippen LogP contribution in [0.1, 0.15) is 45.2 Å². The minimum Gasteiger partial charge on any atom is -0.364 e. The predicted molar refractivity (Wildman–Crippen MR) is 59.4 cm³/mol. The van der Waals surface area contributed by atoms with Crippen LogP contribution in [0.25, 0.3) is 0 Å². The van der Waals surface area contributed by atoms with Crippen molar-refractivity contribution in [3.05, 3.63) is 18.0 Å². The normalized spacial score (nSPS) is 16.5. The maximum absolute atomic E-state index is 4.89. The molecule has 1 aliphatic carbocycles. The van der Waals surface area contributed by atoms with Crippen LogP contribution in [-0.4, -0.2) is 22.1 Å². The highest BCUT2D eigenvalue weighted by Gasteiger charge is 2.32. The zero-order valence-electron chi connectivity index (χ0n) is 9.65. The molecule has 1 aliphatic rings. The van der Waals surface area contributed by atoms with Crippen LogP contribution < -0.4 is 0 Å². The minimum atomic E-state index is 0.703. The highest BCUT2D eigenvalue weighted by Crippen LogP contribution is 2.31. The Kier molecular flexibility index (Phi) is 3.41. The van der Waals surface area contributed by atoms with Gasteiger partial charge in [-0.1, -0.05) is 19.0 Å². The molecule has 2 rings (SSSR count). The van der Waals surface area contributed by atoms with Crippen molar-refractivity contribution in [2.24, 2.45) is 0 Å². The molecular formula is C12H20N2O. The van der Waals surface area contributed by atoms with Gasteiger partial charge in [0.25, 0.3) is 0 Å². The van der Waals surface area contributed by atoms with E-state index in [1.165, 1.54) is 25.7 Å². The molecule has 0 radical (unpaired) electrons. The first kappa shape index (κ1) is 10.7. The first-order chi connectivity index (χ1) is 7.35. The van der Waals surface area contributed by atoms with E-state index in [4.69, 9.17) is 4.52 Å². The Morgan fingerprint density at radius 2 is 2.20 bits per heavy atom. The Morgan fingerprint density at radius 1 is 1.47 bits per heavy atom. The van der Waals surface area contributed by atoms with Gasteiger partial charge in [0.05, 0.1) is 5.69 Å². The van der Waals surface area contributed by atoms with Crippen molar-refractivity contribution < 1.29 is 4.52 Å². The Morgan fingerprint density at radius 3 is 2.67 bits per heavy atom. The summed E-state index contributed by atoms with van der Waals surface area (Å²) in [6, 6.07) is 3.47. The van der Waals surface area contributed by atoms with E-state index in [1.807, 2.05) is 6.07 Å². The summed E-state index contributed by atoms with van der Waals surface area (Å²) in [5.41, 5.74) is 1.06. The van der Waals surface area contributed by atoms with Crippen molar-refractivity contribution in [2.45, 2.75) is 58.2 Å². The van der Waals surface area contributed by atoms with Gasteiger partial charge in [-0.3, -0.25) is 4.90 Å². The van der Waals surface area contributed by atoms with Crippen LogP contribution >= 0.6 is 0 Å². The predicted octanol–water partition coefficient (Wildman–Crippen LogP) is 2.83. The molecule has 1 aromatic rings. The van der Waals surface area contributed by atoms with Crippen LogP contribution in [0.5, 0.6) is 0 Å². The molecule has 1 saturated carbocycles. The lowest BCUT2D eigenvalue weighted by atomic mass is 10.1. The molecule has 3 heteroatoms. The van der Waals surface area contributed by atoms with Crippen LogP contribution in [0.4, 0.5) is 0 Å². The van der Waals surface area contributed by atoms with Gasteiger partial charge in [0.1, 0.15) is 6.26 Å². The molecule has 1 aromatic heterocycles. The van der Waals surface area contributed by atoms with Gasteiger partial charge in [0, 0.05) is 24.7 Å². The summed E-state index contributed by atoms with van der Waals surface area (Å²) in [5.74, 6) is 0. The maximum atomic E-state index is 4.89. The molecule has 0 aromatic carbocycles. The summed E-state index contributed by atoms with van der Waals surface area (Å²) < 4.78 is 4.89. The van der Waals surface area contributed by atoms with Gasteiger partial charge in [0.15, 0.2) is 0 Å². The second-order valence-electron chi connectivity index (χ2n) is 4.36. The zero-order valence-corrected chi connectivity index (χ0v) is 9.65. The molecule has 84 valence electrons. The van der Waals surface area contributed by atoms with E-state index in [2.05, 4.69) is 23.9 Å². The average molecular weight is 208 g/mol. The molecule has 0 saturated heterocycles. The third-order valence-corrected chi connectivity index (χ3v) is 3.26. The van der Waals surface area contributed by atoms with Gasteiger partial charge in [0.2, 0.25) is 0 Å². The third kappa shape index (κ3) is 2.59. The van der Waals surface area contributed by atoms with E-state index in [0.29, 0.717) is 6.04 Å². The molecule has 0 bridgehead atoms. The van der Waals surface area contributed by atoms with Crippen LogP contribution in [0.15, 0.2) is 16.9 Å². The van der Waals surface area contributed by atoms with Gasteiger partial charge < -0.3 is 4.52 Å². The largest absolute Gasteiger partial charge is 0.364 e. The van der Waals surface area contributed by atoms with E-state index in [9.17, 15) is 0 Å². The van der Waals surface area contributed by atoms with Crippen LogP contribution in [0.2, 0.25) is 0 Å². The summed E-state index contributed by atoms with van der Waals surface area (Å²) in [6.07, 6.45) is 6.83. The molecular weight excluding hydrogens is 188 g/mol. The molecule has 0 spiro atoms.